The molecule has 2 amide bonds. The monoisotopic (exact) mass is 295 g/mol. The lowest BCUT2D eigenvalue weighted by atomic mass is 10.0. The summed E-state index contributed by atoms with van der Waals surface area (Å²) >= 11 is 0. The number of benzene rings is 1. The normalized spacial score (nSPS) is 24.6. The lowest BCUT2D eigenvalue weighted by Gasteiger charge is -2.25. The topological polar surface area (TPSA) is 74.7 Å². The molecule has 21 heavy (non-hydrogen) atoms. The fourth-order valence-electron chi connectivity index (χ4n) is 3.09. The zero-order valence-corrected chi connectivity index (χ0v) is 10.8. The van der Waals surface area contributed by atoms with E-state index < -0.39 is 41.4 Å². The minimum Gasteiger partial charge on any atom is -0.481 e. The van der Waals surface area contributed by atoms with Gasteiger partial charge >= 0.3 is 5.97 Å². The summed E-state index contributed by atoms with van der Waals surface area (Å²) in [6.45, 7) is 0. The summed E-state index contributed by atoms with van der Waals surface area (Å²) in [5.41, 5.74) is -0.426. The van der Waals surface area contributed by atoms with E-state index in [0.29, 0.717) is 31.4 Å². The van der Waals surface area contributed by atoms with E-state index in [-0.39, 0.29) is 11.1 Å². The van der Waals surface area contributed by atoms with Gasteiger partial charge in [0.2, 0.25) is 0 Å². The molecule has 1 aliphatic heterocycles. The fraction of sp³-hybridized carbons (Fsp3) is 0.357. The summed E-state index contributed by atoms with van der Waals surface area (Å²) in [5, 5.41) is 9.15. The van der Waals surface area contributed by atoms with Crippen LogP contribution in [-0.2, 0) is 4.79 Å². The van der Waals surface area contributed by atoms with Crippen LogP contribution in [0.4, 0.5) is 8.78 Å². The first-order chi connectivity index (χ1) is 9.91. The molecule has 0 bridgehead atoms. The molecule has 2 unspecified atom stereocenters. The fourth-order valence-corrected chi connectivity index (χ4v) is 3.09. The first-order valence-corrected chi connectivity index (χ1v) is 6.51. The highest BCUT2D eigenvalue weighted by Gasteiger charge is 2.47. The van der Waals surface area contributed by atoms with Crippen molar-refractivity contribution < 1.29 is 28.3 Å². The average Bonchev–Trinajstić information content (AvgIpc) is 2.97. The minimum absolute atomic E-state index is 0.213. The summed E-state index contributed by atoms with van der Waals surface area (Å²) < 4.78 is 26.5. The largest absolute Gasteiger partial charge is 0.481 e. The highest BCUT2D eigenvalue weighted by molar-refractivity contribution is 6.21. The number of hydrogen-bond donors (Lipinski definition) is 1. The number of carboxylic acids is 1. The lowest BCUT2D eigenvalue weighted by molar-refractivity contribution is -0.142. The van der Waals surface area contributed by atoms with Crippen LogP contribution in [0.15, 0.2) is 12.1 Å². The van der Waals surface area contributed by atoms with Crippen molar-refractivity contribution in [3.63, 3.8) is 0 Å². The maximum atomic E-state index is 13.2. The van der Waals surface area contributed by atoms with Crippen LogP contribution in [0, 0.1) is 17.6 Å². The predicted molar refractivity (Wildman–Crippen MR) is 65.6 cm³/mol. The molecule has 1 fully saturated rings. The van der Waals surface area contributed by atoms with Gasteiger partial charge in [-0.15, -0.1) is 0 Å². The summed E-state index contributed by atoms with van der Waals surface area (Å²) in [4.78, 5) is 36.5. The molecule has 2 aliphatic rings. The Labute approximate surface area is 118 Å². The van der Waals surface area contributed by atoms with E-state index in [1.165, 1.54) is 0 Å². The van der Waals surface area contributed by atoms with Gasteiger partial charge in [0.1, 0.15) is 0 Å². The summed E-state index contributed by atoms with van der Waals surface area (Å²) in [5.74, 6) is -5.84. The van der Waals surface area contributed by atoms with Gasteiger partial charge in [0.15, 0.2) is 11.6 Å². The van der Waals surface area contributed by atoms with Gasteiger partial charge in [0, 0.05) is 0 Å². The molecule has 0 saturated heterocycles. The quantitative estimate of drug-likeness (QED) is 0.844. The molecule has 1 saturated carbocycles. The second-order valence-corrected chi connectivity index (χ2v) is 5.24. The van der Waals surface area contributed by atoms with Gasteiger partial charge in [-0.1, -0.05) is 6.42 Å². The van der Waals surface area contributed by atoms with E-state index >= 15 is 0 Å². The molecule has 5 nitrogen and oxygen atoms in total. The van der Waals surface area contributed by atoms with E-state index in [2.05, 4.69) is 0 Å². The number of aliphatic carboxylic acids is 1. The number of imide groups is 1. The van der Waals surface area contributed by atoms with Crippen LogP contribution in [0.2, 0.25) is 0 Å². The zero-order valence-electron chi connectivity index (χ0n) is 10.8. The van der Waals surface area contributed by atoms with Crippen molar-refractivity contribution >= 4 is 17.8 Å². The van der Waals surface area contributed by atoms with E-state index in [9.17, 15) is 23.2 Å². The third-order valence-electron chi connectivity index (χ3n) is 4.09. The van der Waals surface area contributed by atoms with Crippen molar-refractivity contribution in [2.24, 2.45) is 5.92 Å². The molecule has 2 atom stereocenters. The maximum absolute atomic E-state index is 13.2. The number of amides is 2. The Morgan fingerprint density at radius 2 is 1.62 bits per heavy atom. The highest BCUT2D eigenvalue weighted by atomic mass is 19.2. The van der Waals surface area contributed by atoms with Crippen LogP contribution in [0.25, 0.3) is 0 Å². The van der Waals surface area contributed by atoms with Crippen LogP contribution in [0.3, 0.4) is 0 Å². The number of carboxylic acid groups (broad SMARTS) is 1. The minimum atomic E-state index is -1.21. The Morgan fingerprint density at radius 3 is 2.10 bits per heavy atom. The second-order valence-electron chi connectivity index (χ2n) is 5.24. The molecule has 0 aromatic heterocycles. The number of nitrogens with zero attached hydrogens (tertiary/aromatic N) is 1. The van der Waals surface area contributed by atoms with Crippen molar-refractivity contribution in [3.8, 4) is 0 Å². The number of rotatable bonds is 2. The van der Waals surface area contributed by atoms with Gasteiger partial charge in [0.05, 0.1) is 23.1 Å². The Balaban J connectivity index is 2.02. The molecule has 0 spiro atoms. The van der Waals surface area contributed by atoms with Gasteiger partial charge in [-0.25, -0.2) is 8.78 Å². The standard InChI is InChI=1S/C14H11F2NO4/c15-9-4-7-8(5-10(9)16)13(19)17(12(7)18)11-3-1-2-6(11)14(20)21/h4-6,11H,1-3H2,(H,20,21). The molecule has 7 heteroatoms. The third-order valence-corrected chi connectivity index (χ3v) is 4.09. The van der Waals surface area contributed by atoms with Crippen LogP contribution in [-0.4, -0.2) is 33.8 Å². The summed E-state index contributed by atoms with van der Waals surface area (Å²) in [6, 6.07) is 0.617. The molecular weight excluding hydrogens is 284 g/mol. The Bertz CT molecular complexity index is 632. The molecule has 110 valence electrons. The number of halogens is 2. The number of carbonyl (C=O) groups excluding carboxylic acids is 2. The number of carbonyl (C=O) groups is 3. The van der Waals surface area contributed by atoms with Crippen molar-refractivity contribution in [1.29, 1.82) is 0 Å². The molecule has 1 aromatic carbocycles. The average molecular weight is 295 g/mol. The molecule has 1 aliphatic carbocycles. The highest BCUT2D eigenvalue weighted by Crippen LogP contribution is 2.36. The Morgan fingerprint density at radius 1 is 1.10 bits per heavy atom. The lowest BCUT2D eigenvalue weighted by Crippen LogP contribution is -2.44. The van der Waals surface area contributed by atoms with E-state index in [4.69, 9.17) is 5.11 Å². The molecule has 1 N–H and O–H groups in total. The van der Waals surface area contributed by atoms with Crippen molar-refractivity contribution in [2.45, 2.75) is 25.3 Å². The van der Waals surface area contributed by atoms with Crippen molar-refractivity contribution in [1.82, 2.24) is 4.90 Å². The third kappa shape index (κ3) is 1.91. The Hall–Kier alpha value is -2.31. The SMILES string of the molecule is O=C(O)C1CCCC1N1C(=O)c2cc(F)c(F)cc2C1=O. The summed E-state index contributed by atoms with van der Waals surface area (Å²) in [7, 11) is 0. The van der Waals surface area contributed by atoms with Crippen molar-refractivity contribution in [2.75, 3.05) is 0 Å². The molecule has 3 rings (SSSR count). The Kier molecular flexibility index (Phi) is 3.00. The molecular formula is C14H11F2NO4. The molecule has 1 heterocycles. The zero-order chi connectivity index (χ0) is 15.3. The van der Waals surface area contributed by atoms with E-state index in [0.717, 1.165) is 4.90 Å². The molecule has 0 radical (unpaired) electrons. The van der Waals surface area contributed by atoms with Crippen LogP contribution >= 0.6 is 0 Å². The first kappa shape index (κ1) is 13.7. The van der Waals surface area contributed by atoms with Crippen LogP contribution in [0.5, 0.6) is 0 Å². The smallest absolute Gasteiger partial charge is 0.308 e. The maximum Gasteiger partial charge on any atom is 0.308 e. The summed E-state index contributed by atoms with van der Waals surface area (Å²) in [6.07, 6.45) is 1.33. The van der Waals surface area contributed by atoms with Gasteiger partial charge in [0.25, 0.3) is 11.8 Å². The van der Waals surface area contributed by atoms with Crippen LogP contribution in [0.1, 0.15) is 40.0 Å². The number of fused-ring (bicyclic) bond motifs is 1. The van der Waals surface area contributed by atoms with Gasteiger partial charge in [-0.3, -0.25) is 19.3 Å². The van der Waals surface area contributed by atoms with E-state index in [1.54, 1.807) is 0 Å². The van der Waals surface area contributed by atoms with Crippen molar-refractivity contribution in [3.05, 3.63) is 34.9 Å². The number of hydrogen-bond acceptors (Lipinski definition) is 3. The van der Waals surface area contributed by atoms with Crippen LogP contribution < -0.4 is 0 Å². The van der Waals surface area contributed by atoms with Gasteiger partial charge in [-0.05, 0) is 25.0 Å². The molecule has 1 aromatic rings. The first-order valence-electron chi connectivity index (χ1n) is 6.51. The van der Waals surface area contributed by atoms with Gasteiger partial charge in [-0.2, -0.15) is 0 Å². The second kappa shape index (κ2) is 4.61. The predicted octanol–water partition coefficient (Wildman–Crippen LogP) is 1.81. The van der Waals surface area contributed by atoms with Gasteiger partial charge < -0.3 is 5.11 Å². The van der Waals surface area contributed by atoms with E-state index in [1.807, 2.05) is 0 Å².